The van der Waals surface area contributed by atoms with Crippen LogP contribution in [0.2, 0.25) is 0 Å². The molecule has 1 saturated heterocycles. The Bertz CT molecular complexity index is 1460. The zero-order valence-electron chi connectivity index (χ0n) is 38.9. The highest BCUT2D eigenvalue weighted by atomic mass is 32.2. The molecule has 3 unspecified atom stereocenters. The third kappa shape index (κ3) is 22.1. The van der Waals surface area contributed by atoms with Crippen LogP contribution in [0.4, 0.5) is 0 Å². The summed E-state index contributed by atoms with van der Waals surface area (Å²) >= 11 is 3.57. The summed E-state index contributed by atoms with van der Waals surface area (Å²) in [7, 11) is 2.82. The van der Waals surface area contributed by atoms with Gasteiger partial charge in [0, 0.05) is 63.4 Å². The van der Waals surface area contributed by atoms with Crippen molar-refractivity contribution in [1.82, 2.24) is 0 Å². The van der Waals surface area contributed by atoms with Crippen LogP contribution in [-0.4, -0.2) is 108 Å². The molecule has 0 aromatic carbocycles. The Morgan fingerprint density at radius 2 is 1.42 bits per heavy atom. The molecule has 0 bridgehead atoms. The van der Waals surface area contributed by atoms with Crippen molar-refractivity contribution < 1.29 is 48.7 Å². The maximum Gasteiger partial charge on any atom is 0.305 e. The number of aliphatic hydroxyl groups excluding tert-OH is 3. The molecule has 12 atom stereocenters. The Kier molecular flexibility index (Phi) is 29.9. The van der Waals surface area contributed by atoms with E-state index in [1.54, 1.807) is 17.8 Å². The average molecular weight is 905 g/mol. The Balaban J connectivity index is 0.000000435. The van der Waals surface area contributed by atoms with Gasteiger partial charge in [0.15, 0.2) is 6.29 Å². The minimum absolute atomic E-state index is 0.00774. The number of rotatable bonds is 24. The van der Waals surface area contributed by atoms with Crippen LogP contribution in [0.25, 0.3) is 0 Å². The van der Waals surface area contributed by atoms with Gasteiger partial charge in [0.1, 0.15) is 5.78 Å². The van der Waals surface area contributed by atoms with Gasteiger partial charge in [-0.25, -0.2) is 0 Å². The molecule has 1 heterocycles. The molecule has 0 amide bonds. The van der Waals surface area contributed by atoms with Crippen molar-refractivity contribution in [2.24, 2.45) is 41.4 Å². The summed E-state index contributed by atoms with van der Waals surface area (Å²) in [4.78, 5) is 34.6. The molecule has 352 valence electrons. The fourth-order valence-electron chi connectivity index (χ4n) is 8.16. The SMILES string of the molecule is CCC#CC[C@H](C)C(/C=C/[C@@H]1[C@@H](CCSCCCC(=O)OC)[C@@H](O)C[C@H]1C)OC1CCCCO1.CCC#CC[C@H](C)C(O)/C=C/[C@H]1[C@H](O)CC(=O)[C@@H]1CCSCCCC(=O)OC. The minimum atomic E-state index is -0.680. The number of allylic oxidation sites excluding steroid dienone is 1. The zero-order chi connectivity index (χ0) is 45.7. The number of methoxy groups -OCH3 is 2. The number of hydrogen-bond donors (Lipinski definition) is 3. The average Bonchev–Trinajstić information content (AvgIpc) is 3.70. The monoisotopic (exact) mass is 905 g/mol. The van der Waals surface area contributed by atoms with Gasteiger partial charge in [0.25, 0.3) is 0 Å². The third-order valence-electron chi connectivity index (χ3n) is 12.1. The number of ether oxygens (including phenoxy) is 4. The third-order valence-corrected chi connectivity index (χ3v) is 14.3. The van der Waals surface area contributed by atoms with Gasteiger partial charge in [-0.15, -0.1) is 23.7 Å². The first-order valence-electron chi connectivity index (χ1n) is 23.3. The summed E-state index contributed by atoms with van der Waals surface area (Å²) in [6, 6.07) is 0. The van der Waals surface area contributed by atoms with Crippen molar-refractivity contribution in [3.8, 4) is 23.7 Å². The normalized spacial score (nSPS) is 26.7. The van der Waals surface area contributed by atoms with Crippen LogP contribution in [-0.2, 0) is 33.3 Å². The second kappa shape index (κ2) is 33.2. The van der Waals surface area contributed by atoms with Gasteiger partial charge < -0.3 is 34.3 Å². The first-order chi connectivity index (χ1) is 29.9. The summed E-state index contributed by atoms with van der Waals surface area (Å²) in [5.41, 5.74) is 0. The number of ketones is 1. The molecule has 3 N–H and O–H groups in total. The van der Waals surface area contributed by atoms with Crippen molar-refractivity contribution in [2.75, 3.05) is 43.8 Å². The van der Waals surface area contributed by atoms with Crippen LogP contribution in [0, 0.1) is 65.1 Å². The highest BCUT2D eigenvalue weighted by Gasteiger charge is 2.40. The smallest absolute Gasteiger partial charge is 0.305 e. The molecule has 2 aliphatic carbocycles. The first-order valence-corrected chi connectivity index (χ1v) is 25.6. The van der Waals surface area contributed by atoms with E-state index in [0.29, 0.717) is 37.5 Å². The number of carbonyl (C=O) groups is 3. The van der Waals surface area contributed by atoms with Crippen LogP contribution >= 0.6 is 23.5 Å². The Morgan fingerprint density at radius 3 is 2.00 bits per heavy atom. The fraction of sp³-hybridized carbons (Fsp3) is 0.780. The molecular formula is C50H80O10S2. The topological polar surface area (TPSA) is 149 Å². The van der Waals surface area contributed by atoms with Crippen LogP contribution in [0.1, 0.15) is 131 Å². The summed E-state index contributed by atoms with van der Waals surface area (Å²) in [6.45, 7) is 11.2. The Morgan fingerprint density at radius 1 is 0.823 bits per heavy atom. The van der Waals surface area contributed by atoms with E-state index in [2.05, 4.69) is 61.3 Å². The number of carbonyl (C=O) groups excluding carboxylic acids is 3. The van der Waals surface area contributed by atoms with E-state index >= 15 is 0 Å². The number of aliphatic hydroxyl groups is 3. The van der Waals surface area contributed by atoms with Gasteiger partial charge in [-0.05, 0) is 104 Å². The quantitative estimate of drug-likeness (QED) is 0.0369. The number of Topliss-reactive ketones (excluding diaryl/α,β-unsaturated/α-hetero) is 1. The molecule has 3 aliphatic rings. The summed E-state index contributed by atoms with van der Waals surface area (Å²) in [5, 5.41) is 31.3. The molecule has 0 radical (unpaired) electrons. The summed E-state index contributed by atoms with van der Waals surface area (Å²) in [5.74, 6) is 16.7. The molecule has 0 aromatic rings. The van der Waals surface area contributed by atoms with E-state index in [4.69, 9.17) is 14.2 Å². The van der Waals surface area contributed by atoms with Crippen LogP contribution < -0.4 is 0 Å². The van der Waals surface area contributed by atoms with Crippen molar-refractivity contribution in [3.05, 3.63) is 24.3 Å². The molecule has 1 aliphatic heterocycles. The molecular weight excluding hydrogens is 825 g/mol. The van der Waals surface area contributed by atoms with Crippen molar-refractivity contribution in [2.45, 2.75) is 162 Å². The van der Waals surface area contributed by atoms with Crippen LogP contribution in [0.15, 0.2) is 24.3 Å². The maximum atomic E-state index is 12.3. The van der Waals surface area contributed by atoms with Crippen LogP contribution in [0.5, 0.6) is 0 Å². The van der Waals surface area contributed by atoms with E-state index in [1.807, 2.05) is 31.7 Å². The van der Waals surface area contributed by atoms with E-state index in [1.165, 1.54) is 14.2 Å². The van der Waals surface area contributed by atoms with Crippen molar-refractivity contribution in [1.29, 1.82) is 0 Å². The van der Waals surface area contributed by atoms with Crippen molar-refractivity contribution >= 4 is 41.2 Å². The van der Waals surface area contributed by atoms with Crippen LogP contribution in [0.3, 0.4) is 0 Å². The standard InChI is InChI=1S/C28H46O5S.C22H34O5S/c1-5-6-7-11-21(2)26(33-28-13-8-9-17-32-28)15-14-23-22(3)20-25(29)24(23)16-19-34-18-10-12-27(30)31-4;1-4-5-6-8-16(2)19(23)11-10-17-18(21(25)15-20(17)24)12-14-28-13-7-9-22(26)27-3/h14-15,21-26,28-29H,5,8-13,16-20H2,1-4H3;10-11,16-20,23-24H,4,7-9,12-15H2,1-3H3/b15-14+;11-10+/t21-,22+,23-,24+,25-,26?,28?;16-,17+,18+,19?,20+/m00/s1. The maximum absolute atomic E-state index is 12.3. The predicted molar refractivity (Wildman–Crippen MR) is 252 cm³/mol. The van der Waals surface area contributed by atoms with Gasteiger partial charge in [-0.1, -0.05) is 58.9 Å². The second-order valence-corrected chi connectivity index (χ2v) is 19.5. The number of thioether (sulfide) groups is 2. The van der Waals surface area contributed by atoms with E-state index in [-0.39, 0.29) is 72.2 Å². The van der Waals surface area contributed by atoms with Gasteiger partial charge in [-0.3, -0.25) is 14.4 Å². The molecule has 10 nitrogen and oxygen atoms in total. The Hall–Kier alpha value is -2.29. The van der Waals surface area contributed by atoms with Gasteiger partial charge in [-0.2, -0.15) is 23.5 Å². The molecule has 3 fully saturated rings. The highest BCUT2D eigenvalue weighted by Crippen LogP contribution is 2.41. The largest absolute Gasteiger partial charge is 0.469 e. The number of esters is 2. The molecule has 0 aromatic heterocycles. The Labute approximate surface area is 383 Å². The lowest BCUT2D eigenvalue weighted by Crippen LogP contribution is -2.31. The predicted octanol–water partition coefficient (Wildman–Crippen LogP) is 8.59. The lowest BCUT2D eigenvalue weighted by atomic mass is 9.86. The summed E-state index contributed by atoms with van der Waals surface area (Å²) < 4.78 is 21.6. The van der Waals surface area contributed by atoms with E-state index < -0.39 is 12.2 Å². The van der Waals surface area contributed by atoms with Gasteiger partial charge in [0.05, 0.1) is 38.6 Å². The molecule has 3 rings (SSSR count). The van der Waals surface area contributed by atoms with E-state index in [0.717, 1.165) is 93.8 Å². The van der Waals surface area contributed by atoms with Crippen molar-refractivity contribution in [3.63, 3.8) is 0 Å². The lowest BCUT2D eigenvalue weighted by molar-refractivity contribution is -0.186. The molecule has 2 saturated carbocycles. The van der Waals surface area contributed by atoms with Gasteiger partial charge >= 0.3 is 11.9 Å². The molecule has 0 spiro atoms. The fourth-order valence-corrected chi connectivity index (χ4v) is 10.1. The van der Waals surface area contributed by atoms with E-state index in [9.17, 15) is 29.7 Å². The zero-order valence-corrected chi connectivity index (χ0v) is 40.5. The summed E-state index contributed by atoms with van der Waals surface area (Å²) in [6.07, 6.45) is 17.8. The first kappa shape index (κ1) is 55.8. The molecule has 62 heavy (non-hydrogen) atoms. The lowest BCUT2D eigenvalue weighted by Gasteiger charge is -2.29. The van der Waals surface area contributed by atoms with Gasteiger partial charge in [0.2, 0.25) is 0 Å². The number of hydrogen-bond acceptors (Lipinski definition) is 12. The minimum Gasteiger partial charge on any atom is -0.469 e. The molecule has 12 heteroatoms. The second-order valence-electron chi connectivity index (χ2n) is 17.0. The highest BCUT2D eigenvalue weighted by molar-refractivity contribution is 7.99.